The lowest BCUT2D eigenvalue weighted by atomic mass is 10.1. The lowest BCUT2D eigenvalue weighted by Gasteiger charge is -2.16. The highest BCUT2D eigenvalue weighted by atomic mass is 35.5. The lowest BCUT2D eigenvalue weighted by molar-refractivity contribution is -0.114. The number of carbonyl (C=O) groups is 1. The molecule has 0 saturated carbocycles. The zero-order chi connectivity index (χ0) is 27.7. The van der Waals surface area contributed by atoms with Crippen LogP contribution in [0.4, 0.5) is 27.6 Å². The van der Waals surface area contributed by atoms with Gasteiger partial charge in [-0.15, -0.1) is 0 Å². The van der Waals surface area contributed by atoms with Crippen molar-refractivity contribution in [2.75, 3.05) is 11.6 Å². The smallest absolute Gasteiger partial charge is 0.280 e. The third-order valence-corrected chi connectivity index (χ3v) is 5.89. The van der Waals surface area contributed by atoms with Crippen molar-refractivity contribution in [2.24, 2.45) is 5.10 Å². The Labute approximate surface area is 223 Å². The van der Waals surface area contributed by atoms with Gasteiger partial charge in [-0.05, 0) is 55.3 Å². The van der Waals surface area contributed by atoms with Crippen LogP contribution in [0.1, 0.15) is 25.0 Å². The third kappa shape index (κ3) is 5.19. The number of benzene rings is 3. The second kappa shape index (κ2) is 11.0. The Hall–Kier alpha value is -3.63. The Kier molecular flexibility index (Phi) is 7.94. The predicted octanol–water partition coefficient (Wildman–Crippen LogP) is 7.47. The van der Waals surface area contributed by atoms with E-state index in [-0.39, 0.29) is 46.0 Å². The summed E-state index contributed by atoms with van der Waals surface area (Å²) >= 11 is 12.4. The van der Waals surface area contributed by atoms with Gasteiger partial charge < -0.3 is 9.47 Å². The molecule has 0 fully saturated rings. The van der Waals surface area contributed by atoms with Crippen molar-refractivity contribution in [1.82, 2.24) is 0 Å². The molecule has 0 N–H and O–H groups in total. The molecule has 12 heteroatoms. The molecule has 0 aliphatic carbocycles. The van der Waals surface area contributed by atoms with Gasteiger partial charge in [-0.25, -0.2) is 22.0 Å². The highest BCUT2D eigenvalue weighted by molar-refractivity contribution is 6.33. The van der Waals surface area contributed by atoms with Crippen molar-refractivity contribution in [3.63, 3.8) is 0 Å². The van der Waals surface area contributed by atoms with E-state index in [4.69, 9.17) is 32.7 Å². The highest BCUT2D eigenvalue weighted by Crippen LogP contribution is 2.39. The topological polar surface area (TPSA) is 51.1 Å². The van der Waals surface area contributed by atoms with Crippen LogP contribution in [0.25, 0.3) is 6.08 Å². The Morgan fingerprint density at radius 1 is 0.947 bits per heavy atom. The lowest BCUT2D eigenvalue weighted by Crippen LogP contribution is -2.25. The first-order valence-electron chi connectivity index (χ1n) is 11.0. The fourth-order valence-electron chi connectivity index (χ4n) is 3.64. The first-order valence-corrected chi connectivity index (χ1v) is 11.8. The van der Waals surface area contributed by atoms with Crippen LogP contribution in [0.5, 0.6) is 11.5 Å². The van der Waals surface area contributed by atoms with E-state index in [0.29, 0.717) is 10.6 Å². The Balaban J connectivity index is 1.68. The van der Waals surface area contributed by atoms with Gasteiger partial charge in [0.05, 0.1) is 22.9 Å². The molecular weight excluding hydrogens is 554 g/mol. The summed E-state index contributed by atoms with van der Waals surface area (Å²) in [5.41, 5.74) is -0.578. The van der Waals surface area contributed by atoms with Crippen molar-refractivity contribution >= 4 is 46.6 Å². The number of ether oxygens (including phenoxy) is 2. The van der Waals surface area contributed by atoms with E-state index < -0.39 is 40.7 Å². The maximum atomic E-state index is 14.3. The van der Waals surface area contributed by atoms with Gasteiger partial charge in [0.2, 0.25) is 5.82 Å². The molecule has 3 aromatic carbocycles. The van der Waals surface area contributed by atoms with E-state index in [1.807, 2.05) is 6.07 Å². The molecule has 1 amide bonds. The number of nitrogens with zero attached hydrogens (tertiary/aromatic N) is 2. The number of halogens is 7. The monoisotopic (exact) mass is 570 g/mol. The first kappa shape index (κ1) is 27.4. The van der Waals surface area contributed by atoms with E-state index in [2.05, 4.69) is 5.10 Å². The molecule has 4 rings (SSSR count). The standard InChI is InChI=1S/C26H17Cl2F5N2O3/c1-3-37-18-10-14(9-17(28)25(18)38-11-13-5-4-6-15(27)7-13)8-16-12(2)34-35(26(16)36)24-22(32)20(30)19(29)21(31)23(24)33/h4-10H,3,11H2,1-2H3/b16-8-. The Morgan fingerprint density at radius 3 is 2.24 bits per heavy atom. The SMILES string of the molecule is CCOc1cc(/C=C2\C(=O)N(c3c(F)c(F)c(F)c(F)c3F)N=C2C)cc(Cl)c1OCc1cccc(Cl)c1. The average Bonchev–Trinajstić information content (AvgIpc) is 3.14. The van der Waals surface area contributed by atoms with Crippen LogP contribution in [0.2, 0.25) is 10.0 Å². The average molecular weight is 571 g/mol. The van der Waals surface area contributed by atoms with Crippen molar-refractivity contribution in [1.29, 1.82) is 0 Å². The summed E-state index contributed by atoms with van der Waals surface area (Å²) in [5, 5.41) is 4.50. The molecule has 0 bridgehead atoms. The maximum Gasteiger partial charge on any atom is 0.280 e. The molecular formula is C26H17Cl2F5N2O3. The van der Waals surface area contributed by atoms with Crippen molar-refractivity contribution in [3.8, 4) is 11.5 Å². The molecule has 198 valence electrons. The minimum atomic E-state index is -2.34. The first-order chi connectivity index (χ1) is 18.0. The van der Waals surface area contributed by atoms with Crippen LogP contribution < -0.4 is 14.5 Å². The molecule has 0 radical (unpaired) electrons. The van der Waals surface area contributed by atoms with Gasteiger partial charge in [0.15, 0.2) is 34.8 Å². The second-order valence-electron chi connectivity index (χ2n) is 7.96. The van der Waals surface area contributed by atoms with E-state index >= 15 is 0 Å². The summed E-state index contributed by atoms with van der Waals surface area (Å²) < 4.78 is 80.9. The van der Waals surface area contributed by atoms with Gasteiger partial charge in [-0.1, -0.05) is 35.3 Å². The summed E-state index contributed by atoms with van der Waals surface area (Å²) in [5.74, 6) is -11.8. The fourth-order valence-corrected chi connectivity index (χ4v) is 4.12. The van der Waals surface area contributed by atoms with E-state index in [1.54, 1.807) is 25.1 Å². The number of hydrazone groups is 1. The summed E-state index contributed by atoms with van der Waals surface area (Å²) in [4.78, 5) is 13.0. The van der Waals surface area contributed by atoms with Crippen LogP contribution in [0.3, 0.4) is 0 Å². The van der Waals surface area contributed by atoms with Crippen molar-refractivity contribution in [2.45, 2.75) is 20.5 Å². The molecule has 0 aromatic heterocycles. The summed E-state index contributed by atoms with van der Waals surface area (Å²) in [6, 6.07) is 9.97. The highest BCUT2D eigenvalue weighted by Gasteiger charge is 2.37. The second-order valence-corrected chi connectivity index (χ2v) is 8.80. The van der Waals surface area contributed by atoms with Crippen LogP contribution in [-0.2, 0) is 11.4 Å². The fraction of sp³-hybridized carbons (Fsp3) is 0.154. The molecule has 1 aliphatic heterocycles. The molecule has 0 unspecified atom stereocenters. The number of hydrogen-bond acceptors (Lipinski definition) is 4. The van der Waals surface area contributed by atoms with Crippen molar-refractivity contribution < 1.29 is 36.2 Å². The quantitative estimate of drug-likeness (QED) is 0.128. The van der Waals surface area contributed by atoms with Crippen LogP contribution in [-0.4, -0.2) is 18.2 Å². The van der Waals surface area contributed by atoms with Crippen molar-refractivity contribution in [3.05, 3.63) is 92.2 Å². The molecule has 0 saturated heterocycles. The van der Waals surface area contributed by atoms with Gasteiger partial charge in [0.25, 0.3) is 5.91 Å². The number of amides is 1. The molecule has 38 heavy (non-hydrogen) atoms. The predicted molar refractivity (Wildman–Crippen MR) is 133 cm³/mol. The Bertz CT molecular complexity index is 1480. The van der Waals surface area contributed by atoms with Gasteiger partial charge in [-0.3, -0.25) is 4.79 Å². The van der Waals surface area contributed by atoms with Crippen LogP contribution >= 0.6 is 23.2 Å². The molecule has 1 aliphatic rings. The zero-order valence-corrected chi connectivity index (χ0v) is 21.2. The maximum absolute atomic E-state index is 14.3. The number of hydrogen-bond donors (Lipinski definition) is 0. The molecule has 0 atom stereocenters. The molecule has 3 aromatic rings. The van der Waals surface area contributed by atoms with Gasteiger partial charge >= 0.3 is 0 Å². The van der Waals surface area contributed by atoms with E-state index in [1.165, 1.54) is 25.1 Å². The number of anilines is 1. The summed E-state index contributed by atoms with van der Waals surface area (Å²) in [7, 11) is 0. The molecule has 5 nitrogen and oxygen atoms in total. The zero-order valence-electron chi connectivity index (χ0n) is 19.7. The Morgan fingerprint density at radius 2 is 1.61 bits per heavy atom. The van der Waals surface area contributed by atoms with Gasteiger partial charge in [-0.2, -0.15) is 10.1 Å². The van der Waals surface area contributed by atoms with Gasteiger partial charge in [0.1, 0.15) is 12.3 Å². The molecule has 0 spiro atoms. The number of rotatable bonds is 7. The largest absolute Gasteiger partial charge is 0.490 e. The third-order valence-electron chi connectivity index (χ3n) is 5.38. The summed E-state index contributed by atoms with van der Waals surface area (Å²) in [6.07, 6.45) is 1.29. The van der Waals surface area contributed by atoms with Crippen LogP contribution in [0.15, 0.2) is 47.1 Å². The minimum Gasteiger partial charge on any atom is -0.490 e. The minimum absolute atomic E-state index is 0.0330. The van der Waals surface area contributed by atoms with Gasteiger partial charge in [0, 0.05) is 5.02 Å². The van der Waals surface area contributed by atoms with E-state index in [0.717, 1.165) is 5.56 Å². The summed E-state index contributed by atoms with van der Waals surface area (Å²) in [6.45, 7) is 3.45. The number of carbonyl (C=O) groups excluding carboxylic acids is 1. The normalized spacial score (nSPS) is 14.3. The molecule has 1 heterocycles. The van der Waals surface area contributed by atoms with E-state index in [9.17, 15) is 26.7 Å². The van der Waals surface area contributed by atoms with Crippen LogP contribution in [0, 0.1) is 29.1 Å².